The van der Waals surface area contributed by atoms with Crippen molar-refractivity contribution in [2.24, 2.45) is 5.92 Å². The second-order valence-electron chi connectivity index (χ2n) is 8.15. The summed E-state index contributed by atoms with van der Waals surface area (Å²) in [7, 11) is 0. The minimum atomic E-state index is -1.21. The number of hydrogen-bond acceptors (Lipinski definition) is 5. The zero-order chi connectivity index (χ0) is 18.9. The lowest BCUT2D eigenvalue weighted by Gasteiger charge is -2.30. The Balaban J connectivity index is 2.40. The van der Waals surface area contributed by atoms with Gasteiger partial charge in [0, 0.05) is 12.0 Å². The number of allylic oxidation sites excluding steroid dienone is 1. The third kappa shape index (κ3) is 4.59. The monoisotopic (exact) mass is 350 g/mol. The highest BCUT2D eigenvalue weighted by atomic mass is 16.6. The van der Waals surface area contributed by atoms with E-state index in [1.165, 1.54) is 0 Å². The summed E-state index contributed by atoms with van der Waals surface area (Å²) in [6.45, 7) is 7.07. The molecule has 5 heteroatoms. The molecule has 0 saturated carbocycles. The maximum Gasteiger partial charge on any atom is 0.334 e. The van der Waals surface area contributed by atoms with Crippen molar-refractivity contribution in [3.05, 3.63) is 23.8 Å². The minimum absolute atomic E-state index is 0.0843. The Morgan fingerprint density at radius 3 is 2.36 bits per heavy atom. The summed E-state index contributed by atoms with van der Waals surface area (Å²) in [5, 5.41) is 21.5. The van der Waals surface area contributed by atoms with Crippen LogP contribution < -0.4 is 0 Å². The van der Waals surface area contributed by atoms with E-state index < -0.39 is 22.8 Å². The van der Waals surface area contributed by atoms with Crippen LogP contribution in [0, 0.1) is 5.92 Å². The van der Waals surface area contributed by atoms with Gasteiger partial charge >= 0.3 is 5.97 Å². The molecule has 5 nitrogen and oxygen atoms in total. The van der Waals surface area contributed by atoms with Crippen LogP contribution >= 0.6 is 0 Å². The van der Waals surface area contributed by atoms with E-state index in [4.69, 9.17) is 4.74 Å². The third-order valence-corrected chi connectivity index (χ3v) is 5.57. The number of fused-ring (bicyclic) bond motifs is 3. The molecule has 2 rings (SSSR count). The van der Waals surface area contributed by atoms with Gasteiger partial charge in [-0.2, -0.15) is 0 Å². The summed E-state index contributed by atoms with van der Waals surface area (Å²) in [6, 6.07) is 0. The molecular weight excluding hydrogens is 320 g/mol. The van der Waals surface area contributed by atoms with Crippen molar-refractivity contribution < 1.29 is 24.5 Å². The van der Waals surface area contributed by atoms with Gasteiger partial charge < -0.3 is 14.9 Å². The van der Waals surface area contributed by atoms with Crippen molar-refractivity contribution in [2.75, 3.05) is 0 Å². The van der Waals surface area contributed by atoms with Crippen molar-refractivity contribution in [1.82, 2.24) is 0 Å². The van der Waals surface area contributed by atoms with E-state index in [0.29, 0.717) is 31.3 Å². The number of esters is 1. The van der Waals surface area contributed by atoms with Gasteiger partial charge in [0.1, 0.15) is 0 Å². The van der Waals surface area contributed by atoms with Crippen LogP contribution in [0.1, 0.15) is 66.2 Å². The fourth-order valence-electron chi connectivity index (χ4n) is 3.26. The van der Waals surface area contributed by atoms with Gasteiger partial charge in [0.15, 0.2) is 11.4 Å². The number of ketones is 1. The van der Waals surface area contributed by atoms with Crippen LogP contribution in [-0.4, -0.2) is 38.8 Å². The molecular formula is C20H30O5. The highest BCUT2D eigenvalue weighted by Crippen LogP contribution is 2.33. The van der Waals surface area contributed by atoms with Crippen LogP contribution in [0.4, 0.5) is 0 Å². The Morgan fingerprint density at radius 2 is 1.72 bits per heavy atom. The second kappa shape index (κ2) is 7.04. The Hall–Kier alpha value is -1.46. The summed E-state index contributed by atoms with van der Waals surface area (Å²) >= 11 is 0. The highest BCUT2D eigenvalue weighted by Gasteiger charge is 2.40. The smallest absolute Gasteiger partial charge is 0.334 e. The number of hydrogen-bond donors (Lipinski definition) is 2. The number of Topliss-reactive ketones (excluding diaryl/α,β-unsaturated/α-hetero) is 1. The number of ether oxygens (including phenoxy) is 1. The molecule has 0 fully saturated rings. The van der Waals surface area contributed by atoms with Crippen molar-refractivity contribution in [2.45, 2.75) is 83.0 Å². The molecule has 2 N–H and O–H groups in total. The average Bonchev–Trinajstić information content (AvgIpc) is 2.67. The first-order chi connectivity index (χ1) is 11.5. The van der Waals surface area contributed by atoms with Crippen LogP contribution in [0.15, 0.2) is 23.8 Å². The average molecular weight is 350 g/mol. The highest BCUT2D eigenvalue weighted by molar-refractivity contribution is 5.94. The van der Waals surface area contributed by atoms with Crippen LogP contribution in [0.5, 0.6) is 0 Å². The molecule has 2 aliphatic rings. The SMILES string of the molecule is CC(C)[C@@]1(O)/C=C/[C@](C)(O)CCC(=O)[C@@]2(C)CCC=C(CC1)C(=O)O2. The molecule has 0 radical (unpaired) electrons. The maximum atomic E-state index is 12.6. The van der Waals surface area contributed by atoms with E-state index in [1.807, 2.05) is 19.9 Å². The number of aliphatic hydroxyl groups is 2. The standard InChI is InChI=1S/C20H30O5/c1-14(2)20(24)11-7-15-6-5-9-19(4,25-17(15)22)16(21)8-10-18(3,23)12-13-20/h6,12-14,23-24H,5,7-11H2,1-4H3/b13-12+/t18-,19-,20+/m1/s1. The largest absolute Gasteiger partial charge is 0.448 e. The summed E-state index contributed by atoms with van der Waals surface area (Å²) in [5.74, 6) is -0.740. The fraction of sp³-hybridized carbons (Fsp3) is 0.700. The van der Waals surface area contributed by atoms with Crippen molar-refractivity contribution in [1.29, 1.82) is 0 Å². The van der Waals surface area contributed by atoms with Crippen LogP contribution in [0.2, 0.25) is 0 Å². The molecule has 0 aromatic heterocycles. The molecule has 0 aliphatic carbocycles. The first-order valence-corrected chi connectivity index (χ1v) is 9.08. The number of rotatable bonds is 1. The van der Waals surface area contributed by atoms with Crippen molar-refractivity contribution >= 4 is 11.8 Å². The Bertz CT molecular complexity index is 601. The maximum absolute atomic E-state index is 12.6. The van der Waals surface area contributed by atoms with Gasteiger partial charge in [-0.1, -0.05) is 32.1 Å². The molecule has 2 heterocycles. The number of carbonyl (C=O) groups excluding carboxylic acids is 2. The minimum Gasteiger partial charge on any atom is -0.448 e. The van der Waals surface area contributed by atoms with E-state index in [0.717, 1.165) is 0 Å². The van der Waals surface area contributed by atoms with Crippen LogP contribution in [-0.2, 0) is 14.3 Å². The molecule has 3 atom stereocenters. The first-order valence-electron chi connectivity index (χ1n) is 9.08. The zero-order valence-electron chi connectivity index (χ0n) is 15.7. The van der Waals surface area contributed by atoms with Gasteiger partial charge in [-0.25, -0.2) is 4.79 Å². The van der Waals surface area contributed by atoms with E-state index in [2.05, 4.69) is 0 Å². The van der Waals surface area contributed by atoms with E-state index in [1.54, 1.807) is 26.0 Å². The molecule has 140 valence electrons. The Morgan fingerprint density at radius 1 is 1.04 bits per heavy atom. The first kappa shape index (κ1) is 19.9. The van der Waals surface area contributed by atoms with Gasteiger partial charge in [-0.15, -0.1) is 0 Å². The topological polar surface area (TPSA) is 83.8 Å². The van der Waals surface area contributed by atoms with Gasteiger partial charge in [0.05, 0.1) is 11.2 Å². The van der Waals surface area contributed by atoms with Crippen LogP contribution in [0.3, 0.4) is 0 Å². The lowest BCUT2D eigenvalue weighted by Crippen LogP contribution is -2.40. The second-order valence-corrected chi connectivity index (χ2v) is 8.15. The molecule has 25 heavy (non-hydrogen) atoms. The lowest BCUT2D eigenvalue weighted by molar-refractivity contribution is -0.162. The quantitative estimate of drug-likeness (QED) is 0.561. The Labute approximate surface area is 149 Å². The van der Waals surface area contributed by atoms with Gasteiger partial charge in [-0.3, -0.25) is 4.79 Å². The molecule has 0 saturated heterocycles. The van der Waals surface area contributed by atoms with Gasteiger partial charge in [0.2, 0.25) is 0 Å². The fourth-order valence-corrected chi connectivity index (χ4v) is 3.26. The zero-order valence-corrected chi connectivity index (χ0v) is 15.7. The Kier molecular flexibility index (Phi) is 5.59. The van der Waals surface area contributed by atoms with E-state index >= 15 is 0 Å². The molecule has 2 bridgehead atoms. The third-order valence-electron chi connectivity index (χ3n) is 5.57. The summed E-state index contributed by atoms with van der Waals surface area (Å²) in [6.07, 6.45) is 7.07. The van der Waals surface area contributed by atoms with Crippen molar-refractivity contribution in [3.8, 4) is 0 Å². The summed E-state index contributed by atoms with van der Waals surface area (Å²) < 4.78 is 5.54. The number of carbonyl (C=O) groups is 2. The lowest BCUT2D eigenvalue weighted by atomic mass is 9.82. The van der Waals surface area contributed by atoms with Gasteiger partial charge in [0.25, 0.3) is 0 Å². The molecule has 0 spiro atoms. The van der Waals surface area contributed by atoms with Crippen LogP contribution in [0.25, 0.3) is 0 Å². The summed E-state index contributed by atoms with van der Waals surface area (Å²) in [5.41, 5.74) is -2.99. The normalized spacial score (nSPS) is 38.9. The van der Waals surface area contributed by atoms with E-state index in [-0.39, 0.29) is 24.5 Å². The van der Waals surface area contributed by atoms with Crippen molar-refractivity contribution in [3.63, 3.8) is 0 Å². The predicted molar refractivity (Wildman–Crippen MR) is 94.8 cm³/mol. The molecule has 0 unspecified atom stereocenters. The van der Waals surface area contributed by atoms with Gasteiger partial charge in [-0.05, 0) is 51.9 Å². The molecule has 0 aromatic rings. The summed E-state index contributed by atoms with van der Waals surface area (Å²) in [4.78, 5) is 25.1. The predicted octanol–water partition coefficient (Wildman–Crippen LogP) is 2.85. The molecule has 2 aliphatic heterocycles. The van der Waals surface area contributed by atoms with E-state index in [9.17, 15) is 19.8 Å². The molecule has 0 amide bonds. The molecule has 0 aromatic carbocycles.